The van der Waals surface area contributed by atoms with E-state index in [0.717, 1.165) is 46.2 Å². The van der Waals surface area contributed by atoms with E-state index >= 15 is 0 Å². The van der Waals surface area contributed by atoms with E-state index in [2.05, 4.69) is 35.0 Å². The van der Waals surface area contributed by atoms with Crippen LogP contribution in [-0.4, -0.2) is 40.4 Å². The van der Waals surface area contributed by atoms with Crippen molar-refractivity contribution in [2.45, 2.75) is 50.9 Å². The minimum Gasteiger partial charge on any atom is -0.366 e. The van der Waals surface area contributed by atoms with Crippen LogP contribution in [-0.2, 0) is 0 Å². The minimum absolute atomic E-state index is 0.418. The third kappa shape index (κ3) is 3.68. The Morgan fingerprint density at radius 1 is 1.03 bits per heavy atom. The van der Waals surface area contributed by atoms with Gasteiger partial charge in [0.1, 0.15) is 0 Å². The number of aromatic amines is 1. The number of benzene rings is 2. The number of aromatic nitrogens is 2. The third-order valence-electron chi connectivity index (χ3n) is 7.68. The van der Waals surface area contributed by atoms with Gasteiger partial charge in [0.2, 0.25) is 5.91 Å². The van der Waals surface area contributed by atoms with E-state index in [4.69, 9.17) is 10.7 Å². The van der Waals surface area contributed by atoms with Gasteiger partial charge >= 0.3 is 0 Å². The molecule has 6 rings (SSSR count). The zero-order valence-electron chi connectivity index (χ0n) is 19.8. The van der Waals surface area contributed by atoms with E-state index in [1.807, 2.05) is 30.3 Å². The van der Waals surface area contributed by atoms with Gasteiger partial charge in [-0.2, -0.15) is 0 Å². The average Bonchev–Trinajstić information content (AvgIpc) is 3.64. The monoisotopic (exact) mass is 452 g/mol. The molecule has 5 heteroatoms. The molecule has 34 heavy (non-hydrogen) atoms. The van der Waals surface area contributed by atoms with E-state index in [0.29, 0.717) is 17.4 Å². The van der Waals surface area contributed by atoms with Crippen LogP contribution in [0.4, 0.5) is 0 Å². The molecule has 0 radical (unpaired) electrons. The molecule has 2 aromatic heterocycles. The van der Waals surface area contributed by atoms with Crippen molar-refractivity contribution in [1.82, 2.24) is 14.9 Å². The largest absolute Gasteiger partial charge is 0.366 e. The number of nitrogens with one attached hydrogen (secondary N) is 1. The summed E-state index contributed by atoms with van der Waals surface area (Å²) in [5, 5.41) is 2.10. The summed E-state index contributed by atoms with van der Waals surface area (Å²) in [4.78, 5) is 24.0. The molecule has 1 aliphatic carbocycles. The molecule has 1 saturated carbocycles. The van der Waals surface area contributed by atoms with Gasteiger partial charge in [-0.1, -0.05) is 37.3 Å². The maximum Gasteiger partial charge on any atom is 0.249 e. The number of piperidine rings is 1. The summed E-state index contributed by atoms with van der Waals surface area (Å²) in [6.07, 6.45) is 6.09. The van der Waals surface area contributed by atoms with Crippen LogP contribution in [0, 0.1) is 0 Å². The van der Waals surface area contributed by atoms with Gasteiger partial charge in [0, 0.05) is 22.4 Å². The molecule has 0 atom stereocenters. The van der Waals surface area contributed by atoms with Gasteiger partial charge in [0.05, 0.1) is 16.7 Å². The Morgan fingerprint density at radius 2 is 1.82 bits per heavy atom. The van der Waals surface area contributed by atoms with Gasteiger partial charge in [-0.15, -0.1) is 0 Å². The molecule has 0 unspecified atom stereocenters. The fourth-order valence-electron chi connectivity index (χ4n) is 5.87. The van der Waals surface area contributed by atoms with E-state index in [1.165, 1.54) is 49.9 Å². The van der Waals surface area contributed by atoms with Gasteiger partial charge in [-0.05, 0) is 92.5 Å². The number of hydrogen-bond donors (Lipinski definition) is 2. The number of rotatable bonds is 6. The van der Waals surface area contributed by atoms with Crippen molar-refractivity contribution in [3.05, 3.63) is 65.4 Å². The van der Waals surface area contributed by atoms with E-state index in [1.54, 1.807) is 0 Å². The maximum atomic E-state index is 12.4. The van der Waals surface area contributed by atoms with Gasteiger partial charge in [0.15, 0.2) is 0 Å². The first-order valence-electron chi connectivity index (χ1n) is 12.7. The van der Waals surface area contributed by atoms with Crippen LogP contribution >= 0.6 is 0 Å². The van der Waals surface area contributed by atoms with Crippen LogP contribution in [0.15, 0.2) is 48.5 Å². The number of likely N-dealkylation sites (tertiary alicyclic amines) is 1. The third-order valence-corrected chi connectivity index (χ3v) is 7.68. The molecule has 5 nitrogen and oxygen atoms in total. The molecule has 1 aliphatic heterocycles. The predicted octanol–water partition coefficient (Wildman–Crippen LogP) is 5.95. The average molecular weight is 453 g/mol. The highest BCUT2D eigenvalue weighted by atomic mass is 16.1. The van der Waals surface area contributed by atoms with Crippen LogP contribution in [0.2, 0.25) is 0 Å². The molecular formula is C29H32N4O. The number of fused-ring (bicyclic) bond motifs is 2. The highest BCUT2D eigenvalue weighted by molar-refractivity contribution is 6.09. The van der Waals surface area contributed by atoms with Crippen molar-refractivity contribution in [3.63, 3.8) is 0 Å². The van der Waals surface area contributed by atoms with Crippen LogP contribution in [0.5, 0.6) is 0 Å². The normalized spacial score (nSPS) is 17.6. The fraction of sp³-hybridized carbons (Fsp3) is 0.379. The van der Waals surface area contributed by atoms with Crippen molar-refractivity contribution in [1.29, 1.82) is 0 Å². The second-order valence-corrected chi connectivity index (χ2v) is 10.0. The maximum absolute atomic E-state index is 12.4. The molecule has 2 aromatic carbocycles. The van der Waals surface area contributed by atoms with Crippen molar-refractivity contribution >= 4 is 27.7 Å². The second kappa shape index (κ2) is 8.55. The van der Waals surface area contributed by atoms with E-state index < -0.39 is 5.91 Å². The zero-order chi connectivity index (χ0) is 23.2. The molecule has 174 valence electrons. The lowest BCUT2D eigenvalue weighted by atomic mass is 9.87. The number of hydrogen-bond acceptors (Lipinski definition) is 3. The molecule has 2 fully saturated rings. The topological polar surface area (TPSA) is 75.0 Å². The number of carbonyl (C=O) groups excluding carboxylic acids is 1. The minimum atomic E-state index is -0.418. The van der Waals surface area contributed by atoms with E-state index in [9.17, 15) is 4.79 Å². The molecule has 1 saturated heterocycles. The van der Waals surface area contributed by atoms with Crippen LogP contribution in [0.1, 0.15) is 72.5 Å². The number of primary amides is 1. The summed E-state index contributed by atoms with van der Waals surface area (Å²) in [5.74, 6) is 0.752. The Morgan fingerprint density at radius 3 is 2.56 bits per heavy atom. The molecule has 3 N–H and O–H groups in total. The Hall–Kier alpha value is -3.18. The Labute approximate surface area is 200 Å². The van der Waals surface area contributed by atoms with Crippen LogP contribution in [0.25, 0.3) is 33.1 Å². The Kier molecular flexibility index (Phi) is 5.37. The molecule has 2 aliphatic rings. The molecule has 3 heterocycles. The summed E-state index contributed by atoms with van der Waals surface area (Å²) < 4.78 is 0. The lowest BCUT2D eigenvalue weighted by molar-refractivity contribution is 0.100. The smallest absolute Gasteiger partial charge is 0.249 e. The number of nitrogens with zero attached hydrogens (tertiary/aromatic N) is 2. The second-order valence-electron chi connectivity index (χ2n) is 10.0. The van der Waals surface area contributed by atoms with Gasteiger partial charge in [-0.3, -0.25) is 4.79 Å². The summed E-state index contributed by atoms with van der Waals surface area (Å²) in [7, 11) is 0. The van der Waals surface area contributed by atoms with Crippen molar-refractivity contribution in [2.75, 3.05) is 19.6 Å². The van der Waals surface area contributed by atoms with Gasteiger partial charge in [0.25, 0.3) is 0 Å². The first kappa shape index (κ1) is 21.4. The van der Waals surface area contributed by atoms with Crippen molar-refractivity contribution < 1.29 is 4.79 Å². The van der Waals surface area contributed by atoms with E-state index in [-0.39, 0.29) is 0 Å². The van der Waals surface area contributed by atoms with Crippen LogP contribution in [0.3, 0.4) is 0 Å². The number of H-pyrrole nitrogens is 1. The van der Waals surface area contributed by atoms with Gasteiger partial charge in [-0.25, -0.2) is 4.98 Å². The Balaban J connectivity index is 1.50. The number of nitrogens with two attached hydrogens (primary N) is 1. The number of pyridine rings is 1. The van der Waals surface area contributed by atoms with Crippen molar-refractivity contribution in [3.8, 4) is 11.3 Å². The van der Waals surface area contributed by atoms with Crippen molar-refractivity contribution in [2.24, 2.45) is 5.73 Å². The molecule has 0 bridgehead atoms. The summed E-state index contributed by atoms with van der Waals surface area (Å²) >= 11 is 0. The molecule has 0 spiro atoms. The first-order chi connectivity index (χ1) is 16.6. The molecule has 4 aromatic rings. The summed E-state index contributed by atoms with van der Waals surface area (Å²) in [6, 6.07) is 16.1. The first-order valence-corrected chi connectivity index (χ1v) is 12.7. The number of amides is 1. The Bertz CT molecular complexity index is 1380. The highest BCUT2D eigenvalue weighted by Crippen LogP contribution is 2.47. The lowest BCUT2D eigenvalue weighted by Crippen LogP contribution is -2.33. The molecular weight excluding hydrogens is 420 g/mol. The standard InChI is InChI=1S/C29H32N4O/c1-2-15-33-16-13-19(14-17-33)25-27(20-7-8-20)32-24-12-11-23(31-28(24)25)26-21-6-4-3-5-18(21)9-10-22(26)29(30)34/h3-6,9-12,19-20,32H,2,7-8,13-17H2,1H3,(H2,30,34). The van der Waals surface area contributed by atoms with Crippen LogP contribution < -0.4 is 5.73 Å². The highest BCUT2D eigenvalue weighted by Gasteiger charge is 2.34. The SMILES string of the molecule is CCCN1CCC(c2c(C3CC3)[nH]c3ccc(-c4c(C(N)=O)ccc5ccccc45)nc23)CC1. The van der Waals surface area contributed by atoms with Gasteiger partial charge < -0.3 is 15.6 Å². The quantitative estimate of drug-likeness (QED) is 0.380. The summed E-state index contributed by atoms with van der Waals surface area (Å²) in [6.45, 7) is 5.76. The predicted molar refractivity (Wildman–Crippen MR) is 138 cm³/mol. The lowest BCUT2D eigenvalue weighted by Gasteiger charge is -2.32. The molecule has 1 amide bonds. The summed E-state index contributed by atoms with van der Waals surface area (Å²) in [5.41, 5.74) is 13.0. The zero-order valence-corrected chi connectivity index (χ0v) is 19.8. The number of carbonyl (C=O) groups is 1. The fourth-order valence-corrected chi connectivity index (χ4v) is 5.87.